The van der Waals surface area contributed by atoms with E-state index in [2.05, 4.69) is 15.2 Å². The Labute approximate surface area is 211 Å². The van der Waals surface area contributed by atoms with Gasteiger partial charge in [-0.05, 0) is 43.2 Å². The van der Waals surface area contributed by atoms with Gasteiger partial charge in [0.25, 0.3) is 5.56 Å². The van der Waals surface area contributed by atoms with E-state index in [0.717, 1.165) is 16.8 Å². The summed E-state index contributed by atoms with van der Waals surface area (Å²) in [7, 11) is 0. The highest BCUT2D eigenvalue weighted by Crippen LogP contribution is 2.49. The van der Waals surface area contributed by atoms with Gasteiger partial charge in [0, 0.05) is 55.3 Å². The van der Waals surface area contributed by atoms with E-state index in [1.807, 2.05) is 86.8 Å². The molecule has 2 N–H and O–H groups in total. The normalized spacial score (nSPS) is 24.0. The van der Waals surface area contributed by atoms with E-state index in [4.69, 9.17) is 0 Å². The summed E-state index contributed by atoms with van der Waals surface area (Å²) < 4.78 is 1.81. The number of allylic oxidation sites excluding steroid dienone is 1. The van der Waals surface area contributed by atoms with Gasteiger partial charge in [-0.15, -0.1) is 0 Å². The van der Waals surface area contributed by atoms with Gasteiger partial charge in [0.1, 0.15) is 0 Å². The molecule has 1 saturated heterocycles. The number of carbonyl (C=O) groups excluding carboxylic acids is 1. The molecule has 4 heterocycles. The molecule has 0 saturated carbocycles. The lowest BCUT2D eigenvalue weighted by atomic mass is 9.86. The summed E-state index contributed by atoms with van der Waals surface area (Å²) in [6.45, 7) is 4.74. The van der Waals surface area contributed by atoms with Crippen molar-refractivity contribution in [1.82, 2.24) is 19.8 Å². The Balaban J connectivity index is 1.55. The largest absolute Gasteiger partial charge is 0.396 e. The lowest BCUT2D eigenvalue weighted by Gasteiger charge is -2.38. The van der Waals surface area contributed by atoms with Gasteiger partial charge in [-0.25, -0.2) is 0 Å². The van der Waals surface area contributed by atoms with Crippen molar-refractivity contribution in [2.45, 2.75) is 45.1 Å². The topological polar surface area (TPSA) is 87.5 Å². The Kier molecular flexibility index (Phi) is 6.85. The summed E-state index contributed by atoms with van der Waals surface area (Å²) in [5.74, 6) is -0.907. The average Bonchev–Trinajstić information content (AvgIpc) is 3.10. The molecule has 0 radical (unpaired) electrons. The molecule has 7 heteroatoms. The molecule has 0 aliphatic carbocycles. The van der Waals surface area contributed by atoms with Crippen molar-refractivity contribution in [3.63, 3.8) is 0 Å². The van der Waals surface area contributed by atoms with Gasteiger partial charge >= 0.3 is 0 Å². The average molecular weight is 485 g/mol. The highest BCUT2D eigenvalue weighted by molar-refractivity contribution is 5.81. The van der Waals surface area contributed by atoms with E-state index in [1.54, 1.807) is 10.8 Å². The summed E-state index contributed by atoms with van der Waals surface area (Å²) >= 11 is 0. The van der Waals surface area contributed by atoms with Gasteiger partial charge in [-0.1, -0.05) is 48.6 Å². The Morgan fingerprint density at radius 1 is 1.19 bits per heavy atom. The maximum atomic E-state index is 13.8. The van der Waals surface area contributed by atoms with Gasteiger partial charge < -0.3 is 15.0 Å². The van der Waals surface area contributed by atoms with E-state index in [9.17, 15) is 14.7 Å². The Morgan fingerprint density at radius 3 is 2.69 bits per heavy atom. The molecule has 7 nitrogen and oxygen atoms in total. The minimum Gasteiger partial charge on any atom is -0.396 e. The zero-order valence-corrected chi connectivity index (χ0v) is 20.6. The first-order chi connectivity index (χ1) is 17.5. The number of pyridine rings is 2. The number of fused-ring (bicyclic) bond motifs is 4. The van der Waals surface area contributed by atoms with Crippen LogP contribution in [0.25, 0.3) is 6.08 Å². The summed E-state index contributed by atoms with van der Waals surface area (Å²) in [6.07, 6.45) is 7.24. The van der Waals surface area contributed by atoms with Gasteiger partial charge in [0.15, 0.2) is 0 Å². The van der Waals surface area contributed by atoms with Gasteiger partial charge in [0.05, 0.1) is 18.0 Å². The van der Waals surface area contributed by atoms with Gasteiger partial charge in [0.2, 0.25) is 5.91 Å². The van der Waals surface area contributed by atoms with Crippen molar-refractivity contribution in [2.24, 2.45) is 11.8 Å². The third-order valence-electron chi connectivity index (χ3n) is 7.60. The van der Waals surface area contributed by atoms with Crippen molar-refractivity contribution in [1.29, 1.82) is 0 Å². The van der Waals surface area contributed by atoms with Crippen LogP contribution in [0, 0.1) is 11.8 Å². The summed E-state index contributed by atoms with van der Waals surface area (Å²) in [6, 6.07) is 16.9. The maximum Gasteiger partial charge on any atom is 0.258 e. The molecule has 1 amide bonds. The number of aliphatic hydroxyl groups is 1. The predicted molar refractivity (Wildman–Crippen MR) is 139 cm³/mol. The summed E-state index contributed by atoms with van der Waals surface area (Å²) in [5, 5.41) is 13.7. The molecule has 0 unspecified atom stereocenters. The van der Waals surface area contributed by atoms with E-state index < -0.39 is 5.92 Å². The molecule has 186 valence electrons. The van der Waals surface area contributed by atoms with Crippen LogP contribution in [-0.4, -0.2) is 38.1 Å². The van der Waals surface area contributed by atoms with Crippen molar-refractivity contribution in [3.8, 4) is 0 Å². The van der Waals surface area contributed by atoms with Crippen LogP contribution in [0.2, 0.25) is 0 Å². The van der Waals surface area contributed by atoms with Gasteiger partial charge in [-0.3, -0.25) is 19.5 Å². The standard InChI is InChI=1S/C29H32N4O3/c1-3-8-22-12-13-24-27-26(28(35)31-19(2)21-10-5-4-6-11-21)23(18-34)25(17-33(24)29(22)36)32(27)16-20-9-7-14-30-15-20/h3-15,19,23,25-27,34H,16-18H2,1-2H3,(H,31,35)/b8-3-/t19-,23-,25-,26+,27+/m0/s1. The fourth-order valence-electron chi connectivity index (χ4n) is 5.90. The molecule has 3 aromatic rings. The third-order valence-corrected chi connectivity index (χ3v) is 7.60. The number of amides is 1. The first-order valence-electron chi connectivity index (χ1n) is 12.5. The Bertz CT molecular complexity index is 1310. The minimum atomic E-state index is -0.497. The van der Waals surface area contributed by atoms with Crippen molar-refractivity contribution >= 4 is 12.0 Å². The van der Waals surface area contributed by atoms with Crippen LogP contribution in [-0.2, 0) is 17.9 Å². The minimum absolute atomic E-state index is 0.0583. The second-order valence-electron chi connectivity index (χ2n) is 9.69. The highest BCUT2D eigenvalue weighted by Gasteiger charge is 2.55. The van der Waals surface area contributed by atoms with E-state index >= 15 is 0 Å². The van der Waals surface area contributed by atoms with Crippen LogP contribution in [0.15, 0.2) is 77.9 Å². The summed E-state index contributed by atoms with van der Waals surface area (Å²) in [4.78, 5) is 33.7. The van der Waals surface area contributed by atoms with Crippen molar-refractivity contribution in [2.75, 3.05) is 6.61 Å². The smallest absolute Gasteiger partial charge is 0.258 e. The number of hydrogen-bond acceptors (Lipinski definition) is 5. The Hall–Kier alpha value is -3.55. The van der Waals surface area contributed by atoms with Crippen LogP contribution in [0.3, 0.4) is 0 Å². The first-order valence-corrected chi connectivity index (χ1v) is 12.5. The monoisotopic (exact) mass is 484 g/mol. The van der Waals surface area contributed by atoms with Crippen LogP contribution in [0.4, 0.5) is 0 Å². The number of nitrogens with one attached hydrogen (secondary N) is 1. The van der Waals surface area contributed by atoms with E-state index in [0.29, 0.717) is 18.7 Å². The number of hydrogen-bond donors (Lipinski definition) is 2. The van der Waals surface area contributed by atoms with Crippen molar-refractivity contribution < 1.29 is 9.90 Å². The van der Waals surface area contributed by atoms with Crippen LogP contribution in [0.1, 0.15) is 48.3 Å². The Morgan fingerprint density at radius 2 is 2.00 bits per heavy atom. The first kappa shape index (κ1) is 24.2. The molecule has 2 aliphatic rings. The second kappa shape index (κ2) is 10.2. The lowest BCUT2D eigenvalue weighted by molar-refractivity contribution is -0.128. The summed E-state index contributed by atoms with van der Waals surface area (Å²) in [5.41, 5.74) is 3.44. The number of benzene rings is 1. The zero-order chi connectivity index (χ0) is 25.2. The van der Waals surface area contributed by atoms with Crippen LogP contribution < -0.4 is 10.9 Å². The van der Waals surface area contributed by atoms with Crippen LogP contribution in [0.5, 0.6) is 0 Å². The molecular formula is C29H32N4O3. The molecule has 2 aromatic heterocycles. The zero-order valence-electron chi connectivity index (χ0n) is 20.6. The van der Waals surface area contributed by atoms with Gasteiger partial charge in [-0.2, -0.15) is 0 Å². The molecular weight excluding hydrogens is 452 g/mol. The number of aromatic nitrogens is 2. The number of carbonyl (C=O) groups is 1. The number of aliphatic hydroxyl groups excluding tert-OH is 1. The maximum absolute atomic E-state index is 13.8. The second-order valence-corrected chi connectivity index (χ2v) is 9.69. The lowest BCUT2D eigenvalue weighted by Crippen LogP contribution is -2.46. The molecule has 5 rings (SSSR count). The van der Waals surface area contributed by atoms with E-state index in [1.165, 1.54) is 0 Å². The SMILES string of the molecule is C/C=C\c1ccc2n(c1=O)C[C@H]1[C@H](CO)[C@@H](C(=O)N[C@@H](C)c3ccccc3)[C@@H]2N1Cc1cccnc1. The highest BCUT2D eigenvalue weighted by atomic mass is 16.3. The molecule has 2 bridgehead atoms. The fourth-order valence-corrected chi connectivity index (χ4v) is 5.90. The predicted octanol–water partition coefficient (Wildman–Crippen LogP) is 3.32. The quantitative estimate of drug-likeness (QED) is 0.537. The number of rotatable bonds is 7. The van der Waals surface area contributed by atoms with Crippen molar-refractivity contribution in [3.05, 3.63) is 106 Å². The fraction of sp³-hybridized carbons (Fsp3) is 0.345. The molecule has 5 atom stereocenters. The number of nitrogens with zero attached hydrogens (tertiary/aromatic N) is 3. The molecule has 0 spiro atoms. The molecule has 1 fully saturated rings. The molecule has 36 heavy (non-hydrogen) atoms. The van der Waals surface area contributed by atoms with Crippen LogP contribution >= 0.6 is 0 Å². The molecule has 2 aliphatic heterocycles. The third kappa shape index (κ3) is 4.29. The van der Waals surface area contributed by atoms with E-state index in [-0.39, 0.29) is 42.1 Å². The molecule has 1 aromatic carbocycles.